The van der Waals surface area contributed by atoms with Crippen LogP contribution in [-0.2, 0) is 11.2 Å². The van der Waals surface area contributed by atoms with Gasteiger partial charge >= 0.3 is 0 Å². The summed E-state index contributed by atoms with van der Waals surface area (Å²) in [5, 5.41) is 7.38. The van der Waals surface area contributed by atoms with Crippen molar-refractivity contribution in [3.8, 4) is 5.75 Å². The lowest BCUT2D eigenvalue weighted by Crippen LogP contribution is -2.47. The van der Waals surface area contributed by atoms with E-state index < -0.39 is 0 Å². The molecule has 176 valence electrons. The van der Waals surface area contributed by atoms with Gasteiger partial charge in [0.15, 0.2) is 5.96 Å². The molecule has 2 aliphatic rings. The van der Waals surface area contributed by atoms with Crippen molar-refractivity contribution in [3.63, 3.8) is 0 Å². The predicted molar refractivity (Wildman–Crippen MR) is 138 cm³/mol. The number of aliphatic imine (C=N–C) groups is 1. The minimum Gasteiger partial charge on any atom is -0.493 e. The van der Waals surface area contributed by atoms with Gasteiger partial charge in [-0.2, -0.15) is 0 Å². The SMILES string of the molecule is CC(C)OC1CCC(NC(=NCCc2ccco2)NC2CCOc3ccccc32)CC1.I. The average molecular weight is 553 g/mol. The van der Waals surface area contributed by atoms with Gasteiger partial charge in [-0.15, -0.1) is 24.0 Å². The summed E-state index contributed by atoms with van der Waals surface area (Å²) >= 11 is 0. The lowest BCUT2D eigenvalue weighted by atomic mass is 9.93. The van der Waals surface area contributed by atoms with Crippen LogP contribution in [0.4, 0.5) is 0 Å². The van der Waals surface area contributed by atoms with Crippen molar-refractivity contribution in [2.24, 2.45) is 4.99 Å². The Hall–Kier alpha value is -1.74. The number of hydrogen-bond donors (Lipinski definition) is 2. The molecule has 2 heterocycles. The minimum atomic E-state index is 0. The zero-order valence-corrected chi connectivity index (χ0v) is 21.4. The number of ether oxygens (including phenoxy) is 2. The van der Waals surface area contributed by atoms with Gasteiger partial charge in [-0.1, -0.05) is 18.2 Å². The second-order valence-corrected chi connectivity index (χ2v) is 8.73. The monoisotopic (exact) mass is 553 g/mol. The Bertz CT molecular complexity index is 833. The average Bonchev–Trinajstić information content (AvgIpc) is 3.28. The molecule has 0 bridgehead atoms. The molecule has 2 N–H and O–H groups in total. The van der Waals surface area contributed by atoms with Crippen molar-refractivity contribution >= 4 is 29.9 Å². The maximum absolute atomic E-state index is 6.01. The fraction of sp³-hybridized carbons (Fsp3) is 0.560. The zero-order chi connectivity index (χ0) is 21.5. The summed E-state index contributed by atoms with van der Waals surface area (Å²) in [5.41, 5.74) is 1.20. The molecule has 0 saturated heterocycles. The molecule has 6 nitrogen and oxygen atoms in total. The summed E-state index contributed by atoms with van der Waals surface area (Å²) < 4.78 is 17.3. The van der Waals surface area contributed by atoms with E-state index in [4.69, 9.17) is 18.9 Å². The molecule has 0 spiro atoms. The molecule has 7 heteroatoms. The summed E-state index contributed by atoms with van der Waals surface area (Å²) in [6.07, 6.45) is 8.49. The van der Waals surface area contributed by atoms with Crippen LogP contribution in [-0.4, -0.2) is 37.4 Å². The largest absolute Gasteiger partial charge is 0.493 e. The van der Waals surface area contributed by atoms with E-state index in [0.29, 0.717) is 31.4 Å². The highest BCUT2D eigenvalue weighted by Crippen LogP contribution is 2.31. The summed E-state index contributed by atoms with van der Waals surface area (Å²) in [5.74, 6) is 2.81. The number of benzene rings is 1. The van der Waals surface area contributed by atoms with E-state index in [1.807, 2.05) is 24.3 Å². The summed E-state index contributed by atoms with van der Waals surface area (Å²) in [6, 6.07) is 12.8. The van der Waals surface area contributed by atoms with Crippen LogP contribution >= 0.6 is 24.0 Å². The Morgan fingerprint density at radius 2 is 1.88 bits per heavy atom. The van der Waals surface area contributed by atoms with E-state index in [1.165, 1.54) is 5.56 Å². The Kier molecular flexibility index (Phi) is 9.71. The standard InChI is InChI=1S/C25H35N3O3.HI/c1-18(2)31-21-11-9-19(10-12-21)27-25(26-15-13-20-6-5-16-29-20)28-23-14-17-30-24-8-4-3-7-22(23)24;/h3-8,16,18-19,21,23H,9-15,17H2,1-2H3,(H2,26,27,28);1H. The molecular formula is C25H36IN3O3. The maximum Gasteiger partial charge on any atom is 0.191 e. The number of halogens is 1. The molecule has 1 fully saturated rings. The number of nitrogens with one attached hydrogen (secondary N) is 2. The molecule has 1 unspecified atom stereocenters. The Labute approximate surface area is 208 Å². The van der Waals surface area contributed by atoms with Crippen LogP contribution in [0.1, 0.15) is 63.3 Å². The van der Waals surface area contributed by atoms with E-state index in [-0.39, 0.29) is 30.0 Å². The first-order valence-electron chi connectivity index (χ1n) is 11.6. The van der Waals surface area contributed by atoms with Crippen molar-refractivity contribution in [2.45, 2.75) is 76.7 Å². The van der Waals surface area contributed by atoms with Crippen molar-refractivity contribution in [2.75, 3.05) is 13.2 Å². The van der Waals surface area contributed by atoms with Gasteiger partial charge in [-0.25, -0.2) is 0 Å². The molecule has 1 aliphatic heterocycles. The lowest BCUT2D eigenvalue weighted by molar-refractivity contribution is -0.0152. The molecule has 32 heavy (non-hydrogen) atoms. The van der Waals surface area contributed by atoms with Crippen molar-refractivity contribution < 1.29 is 13.9 Å². The minimum absolute atomic E-state index is 0. The first-order chi connectivity index (χ1) is 15.2. The molecule has 0 radical (unpaired) electrons. The molecule has 1 aromatic heterocycles. The zero-order valence-electron chi connectivity index (χ0n) is 19.1. The van der Waals surface area contributed by atoms with Crippen LogP contribution in [0.15, 0.2) is 52.1 Å². The highest BCUT2D eigenvalue weighted by atomic mass is 127. The second kappa shape index (κ2) is 12.5. The fourth-order valence-corrected chi connectivity index (χ4v) is 4.44. The van der Waals surface area contributed by atoms with Gasteiger partial charge in [0.05, 0.1) is 31.1 Å². The van der Waals surface area contributed by atoms with Crippen LogP contribution in [0.2, 0.25) is 0 Å². The van der Waals surface area contributed by atoms with Gasteiger partial charge in [0, 0.05) is 31.0 Å². The second-order valence-electron chi connectivity index (χ2n) is 8.73. The van der Waals surface area contributed by atoms with E-state index in [0.717, 1.165) is 56.0 Å². The highest BCUT2D eigenvalue weighted by molar-refractivity contribution is 14.0. The van der Waals surface area contributed by atoms with Crippen LogP contribution in [0.5, 0.6) is 5.75 Å². The van der Waals surface area contributed by atoms with Crippen molar-refractivity contribution in [1.82, 2.24) is 10.6 Å². The molecule has 2 aromatic rings. The maximum atomic E-state index is 6.01. The third-order valence-electron chi connectivity index (χ3n) is 5.96. The molecule has 1 aromatic carbocycles. The van der Waals surface area contributed by atoms with Crippen LogP contribution in [0, 0.1) is 0 Å². The quantitative estimate of drug-likeness (QED) is 0.279. The number of hydrogen-bond acceptors (Lipinski definition) is 4. The molecule has 1 saturated carbocycles. The van der Waals surface area contributed by atoms with Gasteiger partial charge in [-0.3, -0.25) is 4.99 Å². The summed E-state index contributed by atoms with van der Waals surface area (Å²) in [6.45, 7) is 5.62. The smallest absolute Gasteiger partial charge is 0.191 e. The Balaban J connectivity index is 0.00000289. The Morgan fingerprint density at radius 1 is 1.06 bits per heavy atom. The Morgan fingerprint density at radius 3 is 2.62 bits per heavy atom. The van der Waals surface area contributed by atoms with Gasteiger partial charge in [0.1, 0.15) is 11.5 Å². The van der Waals surface area contributed by atoms with Gasteiger partial charge < -0.3 is 24.5 Å². The summed E-state index contributed by atoms with van der Waals surface area (Å²) in [7, 11) is 0. The fourth-order valence-electron chi connectivity index (χ4n) is 4.44. The van der Waals surface area contributed by atoms with Crippen LogP contribution < -0.4 is 15.4 Å². The van der Waals surface area contributed by atoms with E-state index in [1.54, 1.807) is 6.26 Å². The molecule has 0 amide bonds. The highest BCUT2D eigenvalue weighted by Gasteiger charge is 2.25. The normalized spacial score (nSPS) is 23.1. The third kappa shape index (κ3) is 7.13. The first kappa shape index (κ1) is 24.9. The first-order valence-corrected chi connectivity index (χ1v) is 11.6. The number of furan rings is 1. The molecular weight excluding hydrogens is 517 g/mol. The topological polar surface area (TPSA) is 68.0 Å². The van der Waals surface area contributed by atoms with Crippen LogP contribution in [0.3, 0.4) is 0 Å². The molecule has 1 atom stereocenters. The van der Waals surface area contributed by atoms with E-state index in [9.17, 15) is 0 Å². The summed E-state index contributed by atoms with van der Waals surface area (Å²) in [4.78, 5) is 4.89. The predicted octanol–water partition coefficient (Wildman–Crippen LogP) is 5.24. The lowest BCUT2D eigenvalue weighted by Gasteiger charge is -2.33. The number of para-hydroxylation sites is 1. The van der Waals surface area contributed by atoms with E-state index >= 15 is 0 Å². The number of guanidine groups is 1. The molecule has 1 aliphatic carbocycles. The number of nitrogens with zero attached hydrogens (tertiary/aromatic N) is 1. The van der Waals surface area contributed by atoms with Gasteiger partial charge in [0.25, 0.3) is 0 Å². The molecule has 4 rings (SSSR count). The third-order valence-corrected chi connectivity index (χ3v) is 5.96. The van der Waals surface area contributed by atoms with E-state index in [2.05, 4.69) is 36.6 Å². The number of fused-ring (bicyclic) bond motifs is 1. The van der Waals surface area contributed by atoms with Crippen LogP contribution in [0.25, 0.3) is 0 Å². The van der Waals surface area contributed by atoms with Crippen molar-refractivity contribution in [1.29, 1.82) is 0 Å². The number of rotatable bonds is 7. The van der Waals surface area contributed by atoms with Gasteiger partial charge in [-0.05, 0) is 57.7 Å². The van der Waals surface area contributed by atoms with Gasteiger partial charge in [0.2, 0.25) is 0 Å². The van der Waals surface area contributed by atoms with Crippen molar-refractivity contribution in [3.05, 3.63) is 54.0 Å².